The third kappa shape index (κ3) is 2.46. The summed E-state index contributed by atoms with van der Waals surface area (Å²) in [4.78, 5) is 28.1. The number of likely N-dealkylation sites (tertiary alicyclic amines) is 1. The summed E-state index contributed by atoms with van der Waals surface area (Å²) in [6, 6.07) is 2.07. The lowest BCUT2D eigenvalue weighted by Crippen LogP contribution is -2.40. The largest absolute Gasteiger partial charge is 0.469 e. The van der Waals surface area contributed by atoms with Crippen molar-refractivity contribution in [2.75, 3.05) is 20.2 Å². The minimum Gasteiger partial charge on any atom is -0.469 e. The predicted octanol–water partition coefficient (Wildman–Crippen LogP) is 2.26. The summed E-state index contributed by atoms with van der Waals surface area (Å²) in [6.07, 6.45) is 4.88. The van der Waals surface area contributed by atoms with E-state index in [4.69, 9.17) is 4.74 Å². The van der Waals surface area contributed by atoms with Gasteiger partial charge in [0.2, 0.25) is 0 Å². The zero-order chi connectivity index (χ0) is 14.1. The van der Waals surface area contributed by atoms with Gasteiger partial charge in [0.1, 0.15) is 0 Å². The molecule has 1 amide bonds. The van der Waals surface area contributed by atoms with E-state index >= 15 is 0 Å². The maximum absolute atomic E-state index is 12.5. The van der Waals surface area contributed by atoms with Crippen LogP contribution in [0.25, 0.3) is 0 Å². The number of esters is 1. The normalized spacial score (nSPS) is 18.9. The molecule has 0 atom stereocenters. The van der Waals surface area contributed by atoms with Gasteiger partial charge >= 0.3 is 5.97 Å². The van der Waals surface area contributed by atoms with Gasteiger partial charge in [0.05, 0.1) is 17.9 Å². The van der Waals surface area contributed by atoms with Crippen molar-refractivity contribution < 1.29 is 14.3 Å². The molecule has 0 N–H and O–H groups in total. The Morgan fingerprint density at radius 1 is 1.30 bits per heavy atom. The monoisotopic (exact) mass is 293 g/mol. The maximum atomic E-state index is 12.5. The number of methoxy groups -OCH3 is 1. The van der Waals surface area contributed by atoms with Crippen LogP contribution in [0, 0.1) is 5.92 Å². The molecule has 3 rings (SSSR count). The Bertz CT molecular complexity index is 508. The van der Waals surface area contributed by atoms with Gasteiger partial charge in [0.25, 0.3) is 5.91 Å². The van der Waals surface area contributed by atoms with Crippen molar-refractivity contribution in [3.8, 4) is 0 Å². The fourth-order valence-corrected chi connectivity index (χ4v) is 4.30. The van der Waals surface area contributed by atoms with Crippen molar-refractivity contribution in [2.24, 2.45) is 5.92 Å². The summed E-state index contributed by atoms with van der Waals surface area (Å²) >= 11 is 1.65. The molecule has 0 radical (unpaired) electrons. The first-order chi connectivity index (χ1) is 9.69. The first-order valence-electron chi connectivity index (χ1n) is 7.17. The lowest BCUT2D eigenvalue weighted by Gasteiger charge is -2.30. The van der Waals surface area contributed by atoms with Gasteiger partial charge in [0.15, 0.2) is 0 Å². The smallest absolute Gasteiger partial charge is 0.308 e. The zero-order valence-electron chi connectivity index (χ0n) is 11.7. The predicted molar refractivity (Wildman–Crippen MR) is 77.0 cm³/mol. The lowest BCUT2D eigenvalue weighted by molar-refractivity contribution is -0.146. The molecular weight excluding hydrogens is 274 g/mol. The molecule has 108 valence electrons. The number of fused-ring (bicyclic) bond motifs is 1. The second kappa shape index (κ2) is 5.56. The third-order valence-corrected chi connectivity index (χ3v) is 5.50. The minimum absolute atomic E-state index is 0.0441. The van der Waals surface area contributed by atoms with Crippen LogP contribution < -0.4 is 0 Å². The molecule has 0 saturated carbocycles. The first-order valence-corrected chi connectivity index (χ1v) is 7.99. The van der Waals surface area contributed by atoms with Crippen molar-refractivity contribution >= 4 is 23.2 Å². The minimum atomic E-state index is -0.146. The molecule has 1 aliphatic carbocycles. The van der Waals surface area contributed by atoms with Crippen molar-refractivity contribution in [1.82, 2.24) is 4.90 Å². The summed E-state index contributed by atoms with van der Waals surface area (Å²) in [6.45, 7) is 1.31. The molecule has 5 heteroatoms. The Hall–Kier alpha value is -1.36. The van der Waals surface area contributed by atoms with Gasteiger partial charge in [-0.1, -0.05) is 0 Å². The van der Waals surface area contributed by atoms with E-state index in [0.717, 1.165) is 17.7 Å². The van der Waals surface area contributed by atoms with Crippen molar-refractivity contribution in [2.45, 2.75) is 32.1 Å². The second-order valence-electron chi connectivity index (χ2n) is 5.50. The summed E-state index contributed by atoms with van der Waals surface area (Å²) in [5, 5.41) is 0. The summed E-state index contributed by atoms with van der Waals surface area (Å²) < 4.78 is 4.77. The Kier molecular flexibility index (Phi) is 3.78. The summed E-state index contributed by atoms with van der Waals surface area (Å²) in [5.41, 5.74) is 1.36. The average molecular weight is 293 g/mol. The molecular formula is C15H19NO3S. The zero-order valence-corrected chi connectivity index (χ0v) is 12.5. The molecule has 4 nitrogen and oxygen atoms in total. The van der Waals surface area contributed by atoms with Crippen LogP contribution in [0.3, 0.4) is 0 Å². The Morgan fingerprint density at radius 3 is 2.70 bits per heavy atom. The molecule has 2 heterocycles. The number of piperidine rings is 1. The van der Waals surface area contributed by atoms with E-state index in [1.807, 2.05) is 4.90 Å². The van der Waals surface area contributed by atoms with Crippen LogP contribution in [-0.2, 0) is 22.4 Å². The standard InChI is InChI=1S/C15H19NO3S/c1-19-15(18)10-5-7-16(8-6-10)14(17)13-9-11-3-2-4-12(11)20-13/h9-10H,2-8H2,1H3. The summed E-state index contributed by atoms with van der Waals surface area (Å²) in [5.74, 6) is -0.0580. The molecule has 2 aliphatic rings. The number of carbonyl (C=O) groups is 2. The first kappa shape index (κ1) is 13.6. The van der Waals surface area contributed by atoms with E-state index in [9.17, 15) is 9.59 Å². The third-order valence-electron chi connectivity index (χ3n) is 4.27. The molecule has 1 aromatic heterocycles. The van der Waals surface area contributed by atoms with E-state index in [-0.39, 0.29) is 17.8 Å². The number of rotatable bonds is 2. The number of amides is 1. The van der Waals surface area contributed by atoms with Crippen LogP contribution in [0.2, 0.25) is 0 Å². The van der Waals surface area contributed by atoms with Gasteiger partial charge in [-0.25, -0.2) is 0 Å². The highest BCUT2D eigenvalue weighted by molar-refractivity contribution is 7.14. The molecule has 0 spiro atoms. The molecule has 0 aromatic carbocycles. The highest BCUT2D eigenvalue weighted by Crippen LogP contribution is 2.32. The van der Waals surface area contributed by atoms with E-state index < -0.39 is 0 Å². The Balaban J connectivity index is 1.62. The van der Waals surface area contributed by atoms with Gasteiger partial charge in [-0.2, -0.15) is 0 Å². The molecule has 1 saturated heterocycles. The second-order valence-corrected chi connectivity index (χ2v) is 6.64. The number of hydrogen-bond acceptors (Lipinski definition) is 4. The van der Waals surface area contributed by atoms with Gasteiger partial charge in [0, 0.05) is 18.0 Å². The van der Waals surface area contributed by atoms with Gasteiger partial charge < -0.3 is 9.64 Å². The fourth-order valence-electron chi connectivity index (χ4n) is 3.08. The molecule has 0 bridgehead atoms. The van der Waals surface area contributed by atoms with Crippen LogP contribution >= 0.6 is 11.3 Å². The van der Waals surface area contributed by atoms with E-state index in [1.165, 1.54) is 24.0 Å². The average Bonchev–Trinajstić information content (AvgIpc) is 3.07. The number of nitrogens with zero attached hydrogens (tertiary/aromatic N) is 1. The van der Waals surface area contributed by atoms with Crippen LogP contribution in [0.15, 0.2) is 6.07 Å². The summed E-state index contributed by atoms with van der Waals surface area (Å²) in [7, 11) is 1.42. The van der Waals surface area contributed by atoms with Crippen LogP contribution in [0.4, 0.5) is 0 Å². The molecule has 20 heavy (non-hydrogen) atoms. The van der Waals surface area contributed by atoms with Crippen molar-refractivity contribution in [3.05, 3.63) is 21.4 Å². The van der Waals surface area contributed by atoms with E-state index in [0.29, 0.717) is 25.9 Å². The number of hydrogen-bond donors (Lipinski definition) is 0. The van der Waals surface area contributed by atoms with Gasteiger partial charge in [-0.05, 0) is 43.7 Å². The lowest BCUT2D eigenvalue weighted by atomic mass is 9.97. The van der Waals surface area contributed by atoms with Crippen LogP contribution in [-0.4, -0.2) is 37.0 Å². The Morgan fingerprint density at radius 2 is 2.05 bits per heavy atom. The number of carbonyl (C=O) groups excluding carboxylic acids is 2. The number of ether oxygens (including phenoxy) is 1. The topological polar surface area (TPSA) is 46.6 Å². The molecule has 1 aromatic rings. The fraction of sp³-hybridized carbons (Fsp3) is 0.600. The van der Waals surface area contributed by atoms with Crippen LogP contribution in [0.5, 0.6) is 0 Å². The van der Waals surface area contributed by atoms with Crippen molar-refractivity contribution in [1.29, 1.82) is 0 Å². The molecule has 0 unspecified atom stereocenters. The SMILES string of the molecule is COC(=O)C1CCN(C(=O)c2cc3c(s2)CCC3)CC1. The molecule has 1 aliphatic heterocycles. The van der Waals surface area contributed by atoms with Gasteiger partial charge in [-0.3, -0.25) is 9.59 Å². The van der Waals surface area contributed by atoms with E-state index in [2.05, 4.69) is 6.07 Å². The van der Waals surface area contributed by atoms with E-state index in [1.54, 1.807) is 11.3 Å². The Labute approximate surface area is 122 Å². The van der Waals surface area contributed by atoms with Crippen LogP contribution in [0.1, 0.15) is 39.4 Å². The number of thiophene rings is 1. The van der Waals surface area contributed by atoms with Crippen molar-refractivity contribution in [3.63, 3.8) is 0 Å². The maximum Gasteiger partial charge on any atom is 0.308 e. The number of aryl methyl sites for hydroxylation is 2. The quantitative estimate of drug-likeness (QED) is 0.786. The highest BCUT2D eigenvalue weighted by Gasteiger charge is 2.29. The molecule has 1 fully saturated rings. The van der Waals surface area contributed by atoms with Gasteiger partial charge in [-0.15, -0.1) is 11.3 Å². The highest BCUT2D eigenvalue weighted by atomic mass is 32.1.